The first-order chi connectivity index (χ1) is 12.5. The van der Waals surface area contributed by atoms with E-state index in [9.17, 15) is 9.90 Å². The molecule has 1 atom stereocenters. The van der Waals surface area contributed by atoms with Gasteiger partial charge in [-0.25, -0.2) is 4.79 Å². The molecule has 1 aliphatic rings. The first-order valence-corrected chi connectivity index (χ1v) is 9.02. The molecule has 5 heteroatoms. The highest BCUT2D eigenvalue weighted by Crippen LogP contribution is 2.28. The van der Waals surface area contributed by atoms with Gasteiger partial charge in [-0.2, -0.15) is 0 Å². The largest absolute Gasteiger partial charge is 0.465 e. The van der Waals surface area contributed by atoms with Crippen molar-refractivity contribution in [2.75, 3.05) is 20.2 Å². The highest BCUT2D eigenvalue weighted by atomic mass is 16.5. The van der Waals surface area contributed by atoms with E-state index in [0.29, 0.717) is 12.1 Å². The van der Waals surface area contributed by atoms with Crippen LogP contribution < -0.4 is 0 Å². The highest BCUT2D eigenvalue weighted by Gasteiger charge is 2.21. The summed E-state index contributed by atoms with van der Waals surface area (Å²) < 4.78 is 4.84. The third-order valence-electron chi connectivity index (χ3n) is 4.96. The Morgan fingerprint density at radius 3 is 2.92 bits per heavy atom. The van der Waals surface area contributed by atoms with E-state index in [0.717, 1.165) is 48.0 Å². The van der Waals surface area contributed by atoms with E-state index >= 15 is 0 Å². The maximum atomic E-state index is 12.0. The van der Waals surface area contributed by atoms with Gasteiger partial charge in [-0.3, -0.25) is 0 Å². The zero-order valence-corrected chi connectivity index (χ0v) is 15.4. The first kappa shape index (κ1) is 18.3. The second kappa shape index (κ2) is 7.79. The summed E-state index contributed by atoms with van der Waals surface area (Å²) in [5, 5.41) is 11.2. The molecule has 5 nitrogen and oxygen atoms in total. The molecule has 0 saturated carbocycles. The van der Waals surface area contributed by atoms with Crippen molar-refractivity contribution in [3.05, 3.63) is 53.9 Å². The quantitative estimate of drug-likeness (QED) is 0.617. The second-order valence-corrected chi connectivity index (χ2v) is 6.74. The van der Waals surface area contributed by atoms with E-state index in [4.69, 9.17) is 4.74 Å². The van der Waals surface area contributed by atoms with Crippen molar-refractivity contribution in [2.45, 2.75) is 32.3 Å². The Hall–Kier alpha value is -2.53. The van der Waals surface area contributed by atoms with E-state index in [1.807, 2.05) is 24.3 Å². The molecule has 2 N–H and O–H groups in total. The van der Waals surface area contributed by atoms with Gasteiger partial charge in [-0.05, 0) is 37.1 Å². The number of β-amino-alcohol motifs (C(OH)–C–C–N with tert-alkyl or cyclic N) is 1. The number of rotatable bonds is 6. The van der Waals surface area contributed by atoms with Crippen LogP contribution in [0.2, 0.25) is 0 Å². The van der Waals surface area contributed by atoms with Gasteiger partial charge < -0.3 is 19.7 Å². The normalized spacial score (nSPS) is 17.3. The summed E-state index contributed by atoms with van der Waals surface area (Å²) in [6.45, 7) is 7.43. The summed E-state index contributed by atoms with van der Waals surface area (Å²) >= 11 is 0. The number of carbonyl (C=O) groups excluding carboxylic acids is 1. The van der Waals surface area contributed by atoms with Crippen molar-refractivity contribution in [3.8, 4) is 0 Å². The van der Waals surface area contributed by atoms with Gasteiger partial charge in [0.05, 0.1) is 24.5 Å². The number of para-hydroxylation sites is 1. The van der Waals surface area contributed by atoms with E-state index in [2.05, 4.69) is 29.6 Å². The van der Waals surface area contributed by atoms with Crippen molar-refractivity contribution in [2.24, 2.45) is 0 Å². The Morgan fingerprint density at radius 2 is 2.19 bits per heavy atom. The van der Waals surface area contributed by atoms with Crippen LogP contribution in [0.1, 0.15) is 31.0 Å². The lowest BCUT2D eigenvalue weighted by molar-refractivity contribution is -0.133. The van der Waals surface area contributed by atoms with Crippen molar-refractivity contribution in [3.63, 3.8) is 0 Å². The lowest BCUT2D eigenvalue weighted by Gasteiger charge is -2.30. The Bertz CT molecular complexity index is 850. The molecule has 3 rings (SSSR count). The number of aliphatic hydroxyl groups excluding tert-OH is 1. The third-order valence-corrected chi connectivity index (χ3v) is 4.96. The molecule has 1 aromatic heterocycles. The SMILES string of the molecule is C=C(C(=O)OC)c1[nH]c2ccccc2c1CCN1C=C(CC)C[C@H](O)C1. The number of aromatic nitrogens is 1. The van der Waals surface area contributed by atoms with Crippen LogP contribution in [0.3, 0.4) is 0 Å². The second-order valence-electron chi connectivity index (χ2n) is 6.74. The number of fused-ring (bicyclic) bond motifs is 1. The molecule has 0 saturated heterocycles. The van der Waals surface area contributed by atoms with Gasteiger partial charge in [-0.1, -0.05) is 37.3 Å². The van der Waals surface area contributed by atoms with Gasteiger partial charge in [0.15, 0.2) is 0 Å². The summed E-state index contributed by atoms with van der Waals surface area (Å²) in [6.07, 6.45) is 4.30. The van der Waals surface area contributed by atoms with Crippen LogP contribution in [-0.4, -0.2) is 47.3 Å². The minimum Gasteiger partial charge on any atom is -0.465 e. The lowest BCUT2D eigenvalue weighted by atomic mass is 10.0. The molecule has 0 aliphatic carbocycles. The monoisotopic (exact) mass is 354 g/mol. The molecule has 26 heavy (non-hydrogen) atoms. The van der Waals surface area contributed by atoms with E-state index in [1.54, 1.807) is 0 Å². The molecule has 0 spiro atoms. The number of esters is 1. The van der Waals surface area contributed by atoms with Crippen LogP contribution in [0, 0.1) is 0 Å². The van der Waals surface area contributed by atoms with Gasteiger partial charge in [0.2, 0.25) is 0 Å². The Kier molecular flexibility index (Phi) is 5.47. The number of carbonyl (C=O) groups is 1. The number of ether oxygens (including phenoxy) is 1. The highest BCUT2D eigenvalue weighted by molar-refractivity contribution is 6.16. The van der Waals surface area contributed by atoms with E-state index in [-0.39, 0.29) is 6.10 Å². The molecule has 0 amide bonds. The van der Waals surface area contributed by atoms with Gasteiger partial charge in [0.1, 0.15) is 0 Å². The number of H-pyrrole nitrogens is 1. The molecule has 138 valence electrons. The molecule has 0 radical (unpaired) electrons. The maximum absolute atomic E-state index is 12.0. The molecule has 1 aliphatic heterocycles. The van der Waals surface area contributed by atoms with Crippen molar-refractivity contribution in [1.82, 2.24) is 9.88 Å². The van der Waals surface area contributed by atoms with Gasteiger partial charge in [0, 0.05) is 24.0 Å². The molecule has 2 aromatic rings. The summed E-state index contributed by atoms with van der Waals surface area (Å²) in [6, 6.07) is 7.99. The molecule has 0 fully saturated rings. The topological polar surface area (TPSA) is 65.6 Å². The Balaban J connectivity index is 1.89. The fraction of sp³-hybridized carbons (Fsp3) is 0.381. The van der Waals surface area contributed by atoms with Crippen LogP contribution >= 0.6 is 0 Å². The average Bonchev–Trinajstić information content (AvgIpc) is 3.03. The third kappa shape index (κ3) is 3.68. The fourth-order valence-corrected chi connectivity index (χ4v) is 3.59. The smallest absolute Gasteiger partial charge is 0.339 e. The maximum Gasteiger partial charge on any atom is 0.339 e. The minimum absolute atomic E-state index is 0.317. The molecule has 0 bridgehead atoms. The number of benzene rings is 1. The number of hydrogen-bond donors (Lipinski definition) is 2. The lowest BCUT2D eigenvalue weighted by Crippen LogP contribution is -2.34. The zero-order chi connectivity index (χ0) is 18.7. The van der Waals surface area contributed by atoms with Crippen molar-refractivity contribution in [1.29, 1.82) is 0 Å². The van der Waals surface area contributed by atoms with Gasteiger partial charge in [-0.15, -0.1) is 0 Å². The fourth-order valence-electron chi connectivity index (χ4n) is 3.59. The summed E-state index contributed by atoms with van der Waals surface area (Å²) in [7, 11) is 1.36. The van der Waals surface area contributed by atoms with E-state index < -0.39 is 5.97 Å². The van der Waals surface area contributed by atoms with Crippen LogP contribution in [0.25, 0.3) is 16.5 Å². The summed E-state index contributed by atoms with van der Waals surface area (Å²) in [4.78, 5) is 17.5. The predicted molar refractivity (Wildman–Crippen MR) is 104 cm³/mol. The minimum atomic E-state index is -0.431. The number of aromatic amines is 1. The summed E-state index contributed by atoms with van der Waals surface area (Å²) in [5.41, 5.74) is 4.37. The Morgan fingerprint density at radius 1 is 1.42 bits per heavy atom. The number of nitrogens with one attached hydrogen (secondary N) is 1. The molecule has 1 aromatic carbocycles. The number of nitrogens with zero attached hydrogens (tertiary/aromatic N) is 1. The van der Waals surface area contributed by atoms with Crippen molar-refractivity contribution >= 4 is 22.4 Å². The molecular formula is C21H26N2O3. The number of hydrogen-bond acceptors (Lipinski definition) is 4. The molecular weight excluding hydrogens is 328 g/mol. The Labute approximate surface area is 154 Å². The van der Waals surface area contributed by atoms with Gasteiger partial charge in [0.25, 0.3) is 0 Å². The van der Waals surface area contributed by atoms with Crippen LogP contribution in [0.15, 0.2) is 42.6 Å². The summed E-state index contributed by atoms with van der Waals surface area (Å²) in [5.74, 6) is -0.431. The van der Waals surface area contributed by atoms with Crippen LogP contribution in [-0.2, 0) is 16.0 Å². The number of aliphatic hydroxyl groups is 1. The van der Waals surface area contributed by atoms with Crippen molar-refractivity contribution < 1.29 is 14.6 Å². The molecule has 0 unspecified atom stereocenters. The van der Waals surface area contributed by atoms with Crippen LogP contribution in [0.5, 0.6) is 0 Å². The van der Waals surface area contributed by atoms with E-state index in [1.165, 1.54) is 12.7 Å². The first-order valence-electron chi connectivity index (χ1n) is 9.02. The predicted octanol–water partition coefficient (Wildman–Crippen LogP) is 3.26. The zero-order valence-electron chi connectivity index (χ0n) is 15.4. The van der Waals surface area contributed by atoms with Crippen LogP contribution in [0.4, 0.5) is 0 Å². The standard InChI is InChI=1S/C21H26N2O3/c1-4-15-11-16(24)13-23(12-15)10-9-18-17-7-5-6-8-19(17)22-20(18)14(2)21(25)26-3/h5-8,12,16,22,24H,2,4,9-11,13H2,1,3H3/t16-/m0/s1. The number of methoxy groups -OCH3 is 1. The molecule has 2 heterocycles. The van der Waals surface area contributed by atoms with Gasteiger partial charge >= 0.3 is 5.97 Å². The average molecular weight is 354 g/mol.